The van der Waals surface area contributed by atoms with Crippen molar-refractivity contribution >= 4 is 5.78 Å². The van der Waals surface area contributed by atoms with E-state index in [1.165, 1.54) is 0 Å². The van der Waals surface area contributed by atoms with Crippen LogP contribution in [0.2, 0.25) is 0 Å². The van der Waals surface area contributed by atoms with Gasteiger partial charge >= 0.3 is 0 Å². The zero-order chi connectivity index (χ0) is 12.1. The van der Waals surface area contributed by atoms with Gasteiger partial charge in [0.1, 0.15) is 0 Å². The Balaban J connectivity index is 2.29. The van der Waals surface area contributed by atoms with Crippen LogP contribution < -0.4 is 0 Å². The second-order valence-electron chi connectivity index (χ2n) is 4.10. The van der Waals surface area contributed by atoms with E-state index in [4.69, 9.17) is 0 Å². The molecule has 0 heterocycles. The number of hydrogen-bond donors (Lipinski definition) is 0. The summed E-state index contributed by atoms with van der Waals surface area (Å²) in [5.41, 5.74) is 1.90. The molecule has 0 spiro atoms. The maximum absolute atomic E-state index is 12.4. The van der Waals surface area contributed by atoms with Crippen LogP contribution in [0.3, 0.4) is 0 Å². The molecule has 86 valence electrons. The lowest BCUT2D eigenvalue weighted by Gasteiger charge is -2.14. The second kappa shape index (κ2) is 5.44. The number of carbonyl (C=O) groups excluding carboxylic acids is 1. The van der Waals surface area contributed by atoms with Crippen LogP contribution in [-0.2, 0) is 0 Å². The topological polar surface area (TPSA) is 17.1 Å². The van der Waals surface area contributed by atoms with Gasteiger partial charge in [0.05, 0.1) is 0 Å². The van der Waals surface area contributed by atoms with Crippen LogP contribution in [0.1, 0.15) is 35.2 Å². The minimum Gasteiger partial charge on any atom is -0.293 e. The van der Waals surface area contributed by atoms with Gasteiger partial charge in [0.25, 0.3) is 0 Å². The van der Waals surface area contributed by atoms with Crippen LogP contribution in [0.4, 0.5) is 0 Å². The van der Waals surface area contributed by atoms with E-state index in [0.717, 1.165) is 17.5 Å². The third kappa shape index (κ3) is 2.62. The van der Waals surface area contributed by atoms with Crippen molar-refractivity contribution in [1.82, 2.24) is 0 Å². The molecule has 0 bridgehead atoms. The highest BCUT2D eigenvalue weighted by Gasteiger charge is 2.19. The number of hydrogen-bond acceptors (Lipinski definition) is 1. The zero-order valence-corrected chi connectivity index (χ0v) is 9.97. The summed E-state index contributed by atoms with van der Waals surface area (Å²) in [6, 6.07) is 19.5. The normalized spacial score (nSPS) is 12.1. The molecule has 17 heavy (non-hydrogen) atoms. The summed E-state index contributed by atoms with van der Waals surface area (Å²) in [6.07, 6.45) is 0.831. The highest BCUT2D eigenvalue weighted by Crippen LogP contribution is 2.23. The van der Waals surface area contributed by atoms with Gasteiger partial charge in [-0.15, -0.1) is 0 Å². The fraction of sp³-hybridized carbons (Fsp3) is 0.188. The summed E-state index contributed by atoms with van der Waals surface area (Å²) in [5, 5.41) is 0. The lowest BCUT2D eigenvalue weighted by Crippen LogP contribution is -2.11. The van der Waals surface area contributed by atoms with Gasteiger partial charge < -0.3 is 0 Å². The van der Waals surface area contributed by atoms with Crippen molar-refractivity contribution in [2.45, 2.75) is 19.3 Å². The van der Waals surface area contributed by atoms with E-state index in [0.29, 0.717) is 0 Å². The van der Waals surface area contributed by atoms with E-state index in [2.05, 4.69) is 6.92 Å². The highest BCUT2D eigenvalue weighted by molar-refractivity contribution is 6.00. The number of rotatable bonds is 4. The standard InChI is InChI=1S/C16H16O/c1-2-15(13-9-5-3-6-10-13)16(17)14-11-7-4-8-12-14/h3-12,15H,2H2,1H3/t15-/m0/s1. The van der Waals surface area contributed by atoms with E-state index < -0.39 is 0 Å². The average molecular weight is 224 g/mol. The Morgan fingerprint density at radius 2 is 1.47 bits per heavy atom. The highest BCUT2D eigenvalue weighted by atomic mass is 16.1. The summed E-state index contributed by atoms with van der Waals surface area (Å²) < 4.78 is 0. The van der Waals surface area contributed by atoms with Crippen molar-refractivity contribution in [1.29, 1.82) is 0 Å². The fourth-order valence-corrected chi connectivity index (χ4v) is 2.06. The molecule has 2 rings (SSSR count). The number of Topliss-reactive ketones (excluding diaryl/α,β-unsaturated/α-hetero) is 1. The Labute approximate surface area is 102 Å². The van der Waals surface area contributed by atoms with Gasteiger partial charge in [-0.2, -0.15) is 0 Å². The lowest BCUT2D eigenvalue weighted by molar-refractivity contribution is 0.0957. The summed E-state index contributed by atoms with van der Waals surface area (Å²) in [5.74, 6) is 0.179. The fourth-order valence-electron chi connectivity index (χ4n) is 2.06. The van der Waals surface area contributed by atoms with Crippen molar-refractivity contribution in [3.8, 4) is 0 Å². The second-order valence-corrected chi connectivity index (χ2v) is 4.10. The first-order chi connectivity index (χ1) is 8.33. The molecule has 1 heteroatoms. The minimum atomic E-state index is -0.0291. The van der Waals surface area contributed by atoms with Gasteiger partial charge in [-0.25, -0.2) is 0 Å². The number of benzene rings is 2. The van der Waals surface area contributed by atoms with Crippen LogP contribution >= 0.6 is 0 Å². The number of ketones is 1. The first kappa shape index (κ1) is 11.6. The molecule has 0 fully saturated rings. The van der Waals surface area contributed by atoms with Crippen molar-refractivity contribution < 1.29 is 4.79 Å². The molecular formula is C16H16O. The van der Waals surface area contributed by atoms with E-state index in [9.17, 15) is 4.79 Å². The predicted molar refractivity (Wildman–Crippen MR) is 70.2 cm³/mol. The molecular weight excluding hydrogens is 208 g/mol. The SMILES string of the molecule is CC[C@H](C(=O)c1ccccc1)c1ccccc1. The molecule has 0 saturated heterocycles. The van der Waals surface area contributed by atoms with Crippen LogP contribution in [0, 0.1) is 0 Å². The molecule has 0 saturated carbocycles. The molecule has 1 atom stereocenters. The summed E-state index contributed by atoms with van der Waals surface area (Å²) in [4.78, 5) is 12.4. The van der Waals surface area contributed by atoms with Gasteiger partial charge in [0.15, 0.2) is 5.78 Å². The molecule has 1 nitrogen and oxygen atoms in total. The maximum Gasteiger partial charge on any atom is 0.170 e. The van der Waals surface area contributed by atoms with Gasteiger partial charge in [-0.1, -0.05) is 67.6 Å². The smallest absolute Gasteiger partial charge is 0.170 e. The molecule has 0 aromatic heterocycles. The molecule has 2 aromatic carbocycles. The molecule has 0 aliphatic rings. The van der Waals surface area contributed by atoms with Crippen molar-refractivity contribution in [3.05, 3.63) is 71.8 Å². The van der Waals surface area contributed by atoms with E-state index in [1.807, 2.05) is 60.7 Å². The van der Waals surface area contributed by atoms with Crippen molar-refractivity contribution in [2.75, 3.05) is 0 Å². The predicted octanol–water partition coefficient (Wildman–Crippen LogP) is 4.06. The Kier molecular flexibility index (Phi) is 3.71. The zero-order valence-electron chi connectivity index (χ0n) is 9.97. The molecule has 2 aromatic rings. The van der Waals surface area contributed by atoms with Crippen molar-refractivity contribution in [3.63, 3.8) is 0 Å². The molecule has 0 N–H and O–H groups in total. The van der Waals surface area contributed by atoms with E-state index in [-0.39, 0.29) is 11.7 Å². The Hall–Kier alpha value is -1.89. The van der Waals surface area contributed by atoms with Crippen LogP contribution in [0.15, 0.2) is 60.7 Å². The maximum atomic E-state index is 12.4. The van der Waals surface area contributed by atoms with Crippen LogP contribution in [0.25, 0.3) is 0 Å². The summed E-state index contributed by atoms with van der Waals surface area (Å²) in [6.45, 7) is 2.05. The summed E-state index contributed by atoms with van der Waals surface area (Å²) >= 11 is 0. The monoisotopic (exact) mass is 224 g/mol. The first-order valence-corrected chi connectivity index (χ1v) is 5.97. The summed E-state index contributed by atoms with van der Waals surface area (Å²) in [7, 11) is 0. The van der Waals surface area contributed by atoms with Gasteiger partial charge in [0, 0.05) is 11.5 Å². The van der Waals surface area contributed by atoms with Gasteiger partial charge in [-0.05, 0) is 12.0 Å². The Bertz CT molecular complexity index is 473. The van der Waals surface area contributed by atoms with E-state index >= 15 is 0 Å². The quantitative estimate of drug-likeness (QED) is 0.716. The Morgan fingerprint density at radius 3 is 2.00 bits per heavy atom. The first-order valence-electron chi connectivity index (χ1n) is 5.97. The Morgan fingerprint density at radius 1 is 0.941 bits per heavy atom. The largest absolute Gasteiger partial charge is 0.293 e. The van der Waals surface area contributed by atoms with Crippen molar-refractivity contribution in [2.24, 2.45) is 0 Å². The molecule has 0 aliphatic heterocycles. The van der Waals surface area contributed by atoms with Gasteiger partial charge in [0.2, 0.25) is 0 Å². The van der Waals surface area contributed by atoms with Crippen LogP contribution in [-0.4, -0.2) is 5.78 Å². The minimum absolute atomic E-state index is 0.0291. The lowest BCUT2D eigenvalue weighted by atomic mass is 9.89. The third-order valence-electron chi connectivity index (χ3n) is 2.98. The molecule has 0 radical (unpaired) electrons. The van der Waals surface area contributed by atoms with Crippen LogP contribution in [0.5, 0.6) is 0 Å². The molecule has 0 amide bonds. The average Bonchev–Trinajstić information content (AvgIpc) is 2.42. The molecule has 0 aliphatic carbocycles. The van der Waals surface area contributed by atoms with E-state index in [1.54, 1.807) is 0 Å². The molecule has 0 unspecified atom stereocenters. The number of carbonyl (C=O) groups is 1. The van der Waals surface area contributed by atoms with Gasteiger partial charge in [-0.3, -0.25) is 4.79 Å². The third-order valence-corrected chi connectivity index (χ3v) is 2.98.